The van der Waals surface area contributed by atoms with Gasteiger partial charge in [-0.2, -0.15) is 0 Å². The zero-order valence-corrected chi connectivity index (χ0v) is 6.71. The van der Waals surface area contributed by atoms with Gasteiger partial charge in [-0.1, -0.05) is 18.2 Å². The zero-order valence-electron chi connectivity index (χ0n) is 6.71. The maximum absolute atomic E-state index is 11.2. The minimum Gasteiger partial charge on any atom is -0.351 e. The highest BCUT2D eigenvalue weighted by Crippen LogP contribution is 1.96. The van der Waals surface area contributed by atoms with E-state index in [0.29, 0.717) is 12.1 Å². The van der Waals surface area contributed by atoms with Crippen LogP contribution in [-0.4, -0.2) is 19.0 Å². The maximum Gasteiger partial charge on any atom is 0.251 e. The largest absolute Gasteiger partial charge is 0.351 e. The molecule has 0 saturated carbocycles. The predicted octanol–water partition coefficient (Wildman–Crippen LogP) is 0.699. The van der Waals surface area contributed by atoms with E-state index in [2.05, 4.69) is 5.32 Å². The van der Waals surface area contributed by atoms with E-state index in [1.807, 2.05) is 18.2 Å². The predicted molar refractivity (Wildman–Crippen MR) is 46.7 cm³/mol. The second-order valence-electron chi connectivity index (χ2n) is 2.37. The van der Waals surface area contributed by atoms with Crippen molar-refractivity contribution >= 4 is 5.91 Å². The SMILES string of the molecule is [NH]CCNC(=O)c1ccccc1. The van der Waals surface area contributed by atoms with Crippen LogP contribution in [0.2, 0.25) is 0 Å². The lowest BCUT2D eigenvalue weighted by Gasteiger charge is -2.01. The number of benzene rings is 1. The first-order valence-electron chi connectivity index (χ1n) is 3.82. The summed E-state index contributed by atoms with van der Waals surface area (Å²) < 4.78 is 0. The van der Waals surface area contributed by atoms with Crippen LogP contribution in [0, 0.1) is 0 Å². The van der Waals surface area contributed by atoms with Gasteiger partial charge in [0.25, 0.3) is 5.91 Å². The Morgan fingerprint density at radius 2 is 2.00 bits per heavy atom. The average molecular weight is 163 g/mol. The van der Waals surface area contributed by atoms with Crippen molar-refractivity contribution < 1.29 is 4.79 Å². The first kappa shape index (κ1) is 8.74. The Labute approximate surface area is 71.6 Å². The van der Waals surface area contributed by atoms with Gasteiger partial charge in [-0.25, -0.2) is 0 Å². The van der Waals surface area contributed by atoms with Gasteiger partial charge in [0, 0.05) is 18.7 Å². The summed E-state index contributed by atoms with van der Waals surface area (Å²) in [6, 6.07) is 8.99. The lowest BCUT2D eigenvalue weighted by molar-refractivity contribution is 0.0954. The Morgan fingerprint density at radius 1 is 1.33 bits per heavy atom. The highest BCUT2D eigenvalue weighted by Gasteiger charge is 2.00. The average Bonchev–Trinajstić information content (AvgIpc) is 2.15. The third kappa shape index (κ3) is 2.36. The van der Waals surface area contributed by atoms with Crippen LogP contribution in [-0.2, 0) is 0 Å². The number of hydrogen-bond donors (Lipinski definition) is 1. The summed E-state index contributed by atoms with van der Waals surface area (Å²) in [4.78, 5) is 11.2. The fraction of sp³-hybridized carbons (Fsp3) is 0.222. The molecule has 0 atom stereocenters. The molecule has 1 radical (unpaired) electrons. The van der Waals surface area contributed by atoms with Gasteiger partial charge >= 0.3 is 0 Å². The molecule has 3 heteroatoms. The van der Waals surface area contributed by atoms with E-state index in [1.165, 1.54) is 0 Å². The van der Waals surface area contributed by atoms with Gasteiger partial charge in [-0.3, -0.25) is 10.5 Å². The van der Waals surface area contributed by atoms with E-state index in [9.17, 15) is 4.79 Å². The fourth-order valence-electron chi connectivity index (χ4n) is 0.868. The molecule has 0 spiro atoms. The molecular formula is C9H11N2O. The van der Waals surface area contributed by atoms with Gasteiger partial charge in [0.05, 0.1) is 0 Å². The fourth-order valence-corrected chi connectivity index (χ4v) is 0.868. The van der Waals surface area contributed by atoms with Crippen molar-refractivity contribution in [1.82, 2.24) is 11.1 Å². The molecular weight excluding hydrogens is 152 g/mol. The summed E-state index contributed by atoms with van der Waals surface area (Å²) >= 11 is 0. The standard InChI is InChI=1S/C9H11N2O/c10-6-7-11-9(12)8-4-2-1-3-5-8/h1-5,10H,6-7H2,(H,11,12). The van der Waals surface area contributed by atoms with Gasteiger partial charge in [-0.05, 0) is 12.1 Å². The Morgan fingerprint density at radius 3 is 2.58 bits per heavy atom. The van der Waals surface area contributed by atoms with E-state index >= 15 is 0 Å². The molecule has 1 amide bonds. The normalized spacial score (nSPS) is 9.42. The molecule has 2 N–H and O–H groups in total. The van der Waals surface area contributed by atoms with Crippen molar-refractivity contribution in [3.05, 3.63) is 35.9 Å². The van der Waals surface area contributed by atoms with Crippen molar-refractivity contribution in [1.29, 1.82) is 0 Å². The first-order chi connectivity index (χ1) is 5.84. The van der Waals surface area contributed by atoms with E-state index < -0.39 is 0 Å². The number of amides is 1. The van der Waals surface area contributed by atoms with Crippen molar-refractivity contribution in [3.8, 4) is 0 Å². The van der Waals surface area contributed by atoms with E-state index in [4.69, 9.17) is 5.73 Å². The second kappa shape index (κ2) is 4.51. The van der Waals surface area contributed by atoms with Crippen molar-refractivity contribution in [2.24, 2.45) is 0 Å². The molecule has 1 aromatic rings. The zero-order chi connectivity index (χ0) is 8.81. The third-order valence-electron chi connectivity index (χ3n) is 1.45. The van der Waals surface area contributed by atoms with E-state index in [0.717, 1.165) is 0 Å². The highest BCUT2D eigenvalue weighted by atomic mass is 16.1. The monoisotopic (exact) mass is 163 g/mol. The smallest absolute Gasteiger partial charge is 0.251 e. The Hall–Kier alpha value is -1.35. The molecule has 0 fully saturated rings. The van der Waals surface area contributed by atoms with Gasteiger partial charge in [-0.15, -0.1) is 0 Å². The van der Waals surface area contributed by atoms with Crippen LogP contribution >= 0.6 is 0 Å². The second-order valence-corrected chi connectivity index (χ2v) is 2.37. The Kier molecular flexibility index (Phi) is 3.29. The minimum absolute atomic E-state index is 0.108. The number of nitrogens with one attached hydrogen (secondary N) is 2. The molecule has 0 aliphatic heterocycles. The molecule has 0 aliphatic carbocycles. The number of carbonyl (C=O) groups excluding carboxylic acids is 1. The summed E-state index contributed by atoms with van der Waals surface area (Å²) in [6.45, 7) is 0.631. The first-order valence-corrected chi connectivity index (χ1v) is 3.82. The summed E-state index contributed by atoms with van der Waals surface area (Å²) in [5.74, 6) is -0.108. The number of hydrogen-bond acceptors (Lipinski definition) is 1. The molecule has 1 rings (SSSR count). The van der Waals surface area contributed by atoms with Crippen LogP contribution in [0.4, 0.5) is 0 Å². The summed E-state index contributed by atoms with van der Waals surface area (Å²) in [5.41, 5.74) is 7.49. The Balaban J connectivity index is 2.54. The maximum atomic E-state index is 11.2. The van der Waals surface area contributed by atoms with E-state index in [1.54, 1.807) is 12.1 Å². The molecule has 0 saturated heterocycles. The van der Waals surface area contributed by atoms with Crippen molar-refractivity contribution in [2.75, 3.05) is 13.1 Å². The molecule has 0 bridgehead atoms. The quantitative estimate of drug-likeness (QED) is 0.700. The minimum atomic E-state index is -0.108. The van der Waals surface area contributed by atoms with Crippen LogP contribution < -0.4 is 11.1 Å². The van der Waals surface area contributed by atoms with Crippen LogP contribution in [0.15, 0.2) is 30.3 Å². The number of carbonyl (C=O) groups is 1. The lowest BCUT2D eigenvalue weighted by Crippen LogP contribution is -2.26. The van der Waals surface area contributed by atoms with E-state index in [-0.39, 0.29) is 12.5 Å². The molecule has 1 aromatic carbocycles. The summed E-state index contributed by atoms with van der Waals surface area (Å²) in [6.07, 6.45) is 0. The van der Waals surface area contributed by atoms with Crippen LogP contribution in [0.3, 0.4) is 0 Å². The van der Waals surface area contributed by atoms with Gasteiger partial charge in [0.15, 0.2) is 0 Å². The number of rotatable bonds is 3. The molecule has 0 heterocycles. The third-order valence-corrected chi connectivity index (χ3v) is 1.45. The molecule has 63 valence electrons. The Bertz CT molecular complexity index is 246. The highest BCUT2D eigenvalue weighted by molar-refractivity contribution is 5.94. The molecule has 0 aliphatic rings. The van der Waals surface area contributed by atoms with Gasteiger partial charge in [0.1, 0.15) is 0 Å². The van der Waals surface area contributed by atoms with Crippen LogP contribution in [0.1, 0.15) is 10.4 Å². The molecule has 0 unspecified atom stereocenters. The van der Waals surface area contributed by atoms with Crippen LogP contribution in [0.5, 0.6) is 0 Å². The van der Waals surface area contributed by atoms with Crippen molar-refractivity contribution in [2.45, 2.75) is 0 Å². The topological polar surface area (TPSA) is 52.9 Å². The molecule has 3 nitrogen and oxygen atoms in total. The molecule has 12 heavy (non-hydrogen) atoms. The van der Waals surface area contributed by atoms with Gasteiger partial charge in [0.2, 0.25) is 0 Å². The molecule has 0 aromatic heterocycles. The van der Waals surface area contributed by atoms with Crippen molar-refractivity contribution in [3.63, 3.8) is 0 Å². The summed E-state index contributed by atoms with van der Waals surface area (Å²) in [7, 11) is 0. The lowest BCUT2D eigenvalue weighted by atomic mass is 10.2. The summed E-state index contributed by atoms with van der Waals surface area (Å²) in [5, 5.41) is 2.62. The van der Waals surface area contributed by atoms with Crippen LogP contribution in [0.25, 0.3) is 0 Å². The van der Waals surface area contributed by atoms with Gasteiger partial charge < -0.3 is 5.32 Å².